The number of ether oxygens (including phenoxy) is 2. The summed E-state index contributed by atoms with van der Waals surface area (Å²) in [6.07, 6.45) is -0.374. The molecular formula is C72H49B2Cl3F11N7O16S3. The Morgan fingerprint density at radius 3 is 1.43 bits per heavy atom. The predicted octanol–water partition coefficient (Wildman–Crippen LogP) is 16.9. The number of hydrogen-bond acceptors (Lipinski definition) is 23. The minimum Gasteiger partial charge on any atom is -0.537 e. The number of aromatic nitrogens is 6. The lowest BCUT2D eigenvalue weighted by atomic mass is 9.98. The molecule has 0 bridgehead atoms. The molecule has 0 amide bonds. The van der Waals surface area contributed by atoms with E-state index in [0.717, 1.165) is 47.2 Å². The van der Waals surface area contributed by atoms with E-state index in [2.05, 4.69) is 48.3 Å². The second-order valence-corrected chi connectivity index (χ2v) is 29.3. The van der Waals surface area contributed by atoms with Crippen molar-refractivity contribution in [1.82, 2.24) is 30.4 Å². The number of pyridine rings is 3. The van der Waals surface area contributed by atoms with E-state index in [1.165, 1.54) is 93.8 Å². The zero-order chi connectivity index (χ0) is 82.9. The molecule has 0 atom stereocenters. The molecule has 4 N–H and O–H groups in total. The highest BCUT2D eigenvalue weighted by atomic mass is 35.5. The number of anilines is 1. The number of sulfone groups is 2. The molecule has 6 aromatic heterocycles. The topological polar surface area (TPSA) is 332 Å². The smallest absolute Gasteiger partial charge is 0.537 e. The van der Waals surface area contributed by atoms with E-state index in [1.54, 1.807) is 97.3 Å². The Morgan fingerprint density at radius 1 is 0.465 bits per heavy atom. The quantitative estimate of drug-likeness (QED) is 0.0190. The molecular weight excluding hydrogens is 1650 g/mol. The summed E-state index contributed by atoms with van der Waals surface area (Å²) in [6, 6.07) is 41.4. The largest absolute Gasteiger partial charge is 0.569 e. The van der Waals surface area contributed by atoms with Gasteiger partial charge in [-0.1, -0.05) is 80.6 Å². The lowest BCUT2D eigenvalue weighted by Crippen LogP contribution is -2.14. The molecule has 0 unspecified atom stereocenters. The molecule has 23 nitrogen and oxygen atoms in total. The van der Waals surface area contributed by atoms with Crippen molar-refractivity contribution in [3.63, 3.8) is 0 Å². The molecule has 0 saturated carbocycles. The number of alkyl halides is 6. The maximum atomic E-state index is 13.6. The van der Waals surface area contributed by atoms with Gasteiger partial charge in [-0.25, -0.2) is 40.0 Å². The van der Waals surface area contributed by atoms with Gasteiger partial charge in [0.1, 0.15) is 62.7 Å². The predicted molar refractivity (Wildman–Crippen MR) is 394 cm³/mol. The van der Waals surface area contributed by atoms with E-state index < -0.39 is 93.0 Å². The summed E-state index contributed by atoms with van der Waals surface area (Å²) in [6.45, 7) is 0. The molecule has 0 spiro atoms. The maximum absolute atomic E-state index is 13.6. The molecule has 2 radical (unpaired) electrons. The van der Waals surface area contributed by atoms with Crippen LogP contribution in [-0.2, 0) is 53.7 Å². The van der Waals surface area contributed by atoms with E-state index in [4.69, 9.17) is 69.2 Å². The molecule has 0 saturated heterocycles. The number of rotatable bonds is 17. The summed E-state index contributed by atoms with van der Waals surface area (Å²) >= 11 is 17.5. The van der Waals surface area contributed by atoms with Crippen LogP contribution < -0.4 is 28.7 Å². The van der Waals surface area contributed by atoms with Gasteiger partial charge < -0.3 is 52.3 Å². The summed E-state index contributed by atoms with van der Waals surface area (Å²) in [5.41, 5.74) is 6.31. The Morgan fingerprint density at radius 2 is 0.939 bits per heavy atom. The second-order valence-electron chi connectivity index (χ2n) is 22.6. The minimum atomic E-state index is -4.91. The van der Waals surface area contributed by atoms with Crippen molar-refractivity contribution >= 4 is 118 Å². The minimum absolute atomic E-state index is 0.0580. The van der Waals surface area contributed by atoms with E-state index >= 15 is 0 Å². The van der Waals surface area contributed by atoms with Crippen molar-refractivity contribution in [2.75, 3.05) is 20.0 Å². The summed E-state index contributed by atoms with van der Waals surface area (Å²) in [5, 5.41) is 31.6. The summed E-state index contributed by atoms with van der Waals surface area (Å²) in [5.74, 6) is -12.6. The fourth-order valence-electron chi connectivity index (χ4n) is 9.91. The zero-order valence-electron chi connectivity index (χ0n) is 57.7. The highest BCUT2D eigenvalue weighted by Crippen LogP contribution is 2.41. The van der Waals surface area contributed by atoms with Gasteiger partial charge in [0.25, 0.3) is 0 Å². The molecule has 6 heterocycles. The van der Waals surface area contributed by atoms with Crippen LogP contribution in [0.2, 0.25) is 15.3 Å². The maximum Gasteiger partial charge on any atom is 0.569 e. The van der Waals surface area contributed by atoms with Gasteiger partial charge in [-0.2, -0.15) is 43.5 Å². The number of halogens is 14. The number of methoxy groups -OCH3 is 2. The van der Waals surface area contributed by atoms with Crippen molar-refractivity contribution in [2.45, 2.75) is 38.5 Å². The van der Waals surface area contributed by atoms with Crippen LogP contribution in [0.25, 0.3) is 54.7 Å². The molecule has 0 aliphatic carbocycles. The van der Waals surface area contributed by atoms with E-state index in [1.807, 2.05) is 0 Å². The molecule has 8 aromatic carbocycles. The van der Waals surface area contributed by atoms with Crippen LogP contribution in [0.3, 0.4) is 0 Å². The number of nitrogen functional groups attached to an aromatic ring is 1. The van der Waals surface area contributed by atoms with Crippen molar-refractivity contribution in [1.29, 1.82) is 0 Å². The van der Waals surface area contributed by atoms with Crippen LogP contribution in [0.15, 0.2) is 242 Å². The fraction of sp³-hybridized carbons (Fsp3) is 0.0833. The number of fused-ring (bicyclic) bond motifs is 3. The summed E-state index contributed by atoms with van der Waals surface area (Å²) < 4.78 is 255. The molecule has 14 aromatic rings. The first-order valence-corrected chi connectivity index (χ1v) is 37.4. The Balaban J connectivity index is 0.000000169. The average Bonchev–Trinajstić information content (AvgIpc) is 0.909. The van der Waals surface area contributed by atoms with Gasteiger partial charge in [0, 0.05) is 69.6 Å². The molecule has 0 aliphatic rings. The van der Waals surface area contributed by atoms with Gasteiger partial charge in [-0.05, 0) is 149 Å². The Labute approximate surface area is 654 Å². The van der Waals surface area contributed by atoms with Crippen molar-refractivity contribution < 1.29 is 120 Å². The number of nitrogens with zero attached hydrogens (tertiary/aromatic N) is 6. The van der Waals surface area contributed by atoms with Crippen molar-refractivity contribution in [3.05, 3.63) is 280 Å². The Bertz CT molecular complexity index is 6040. The van der Waals surface area contributed by atoms with Gasteiger partial charge in [-0.15, -0.1) is 0 Å². The second kappa shape index (κ2) is 37.8. The lowest BCUT2D eigenvalue weighted by Gasteiger charge is -2.14. The molecule has 0 fully saturated rings. The van der Waals surface area contributed by atoms with E-state index in [9.17, 15) is 73.5 Å². The van der Waals surface area contributed by atoms with Crippen LogP contribution in [0.4, 0.5) is 54.1 Å². The molecule has 0 aliphatic heterocycles. The molecule has 14 rings (SSSR count). The SMILES string of the molecule is COc1cc(-c2cccc(C(F)(F)F)c2)ccc1-c1nccc2cc(S(=O)(=O)Cc3ccon3)ccc12.COc1cc(Cl)ccc1O[B]O.Nc1ccon1.O=S(=O)(Cc1ccon1)c1ccc2c(Cl)nccc2c1.O=S(=O)(Oc1c(F)c(F)c(F)c(F)c1F)c1ccc2c(Cl)nccc2c1.O[B]Oc1cccc(C(F)(F)F)c1. The van der Waals surface area contributed by atoms with Gasteiger partial charge in [-0.3, -0.25) is 4.98 Å². The first-order chi connectivity index (χ1) is 54.0. The average molecular weight is 1700 g/mol. The molecule has 114 heavy (non-hydrogen) atoms. The molecule has 42 heteroatoms. The molecule has 590 valence electrons. The first kappa shape index (κ1) is 86.4. The van der Waals surface area contributed by atoms with E-state index in [0.29, 0.717) is 104 Å². The number of benzene rings is 8. The van der Waals surface area contributed by atoms with Gasteiger partial charge >= 0.3 is 37.8 Å². The van der Waals surface area contributed by atoms with Crippen molar-refractivity contribution in [2.24, 2.45) is 0 Å². The van der Waals surface area contributed by atoms with E-state index in [-0.39, 0.29) is 32.2 Å². The monoisotopic (exact) mass is 1700 g/mol. The third-order valence-electron chi connectivity index (χ3n) is 15.2. The summed E-state index contributed by atoms with van der Waals surface area (Å²) in [4.78, 5) is 12.0. The zero-order valence-corrected chi connectivity index (χ0v) is 62.4. The van der Waals surface area contributed by atoms with Crippen LogP contribution in [0.5, 0.6) is 28.7 Å². The highest BCUT2D eigenvalue weighted by Gasteiger charge is 2.34. The fourth-order valence-corrected chi connectivity index (χ4v) is 14.1. The highest BCUT2D eigenvalue weighted by molar-refractivity contribution is 7.91. The standard InChI is InChI=1S/C27H19F3N2O4S.C15H5ClF5NO3S.C13H9ClN2O3S.C7H7BClO3.C7H5BF3O2.C3H4N2O/c1-35-25-15-18(17-3-2-4-20(13-17)27(28,29)30)5-7-24(25)26-23-8-6-22(14-19(23)9-11-31-26)37(33,34)16-21-10-12-36-32-21;16-15-8-2-1-7(5-6(8)3-4-22-15)26(23,24)25-14-12(20)10(18)9(17)11(19)13(14)21;14-13-12-2-1-11(7-9(12)3-5-15-13)20(17,18)8-10-4-6-19-16-10;1-11-7-4-5(9)2-3-6(7)12-8-10;9-7(10,11)5-2-1-3-6(4-5)13-8-12;4-3-1-2-6-5-3/h2-15H,16H2,1H3;1-5H;1-7H,8H2;2-4,10H,1H3;1-4,12H;1-2H,(H2,4,5). The van der Waals surface area contributed by atoms with Crippen LogP contribution in [0, 0.1) is 29.1 Å². The van der Waals surface area contributed by atoms with Gasteiger partial charge in [0.2, 0.25) is 34.8 Å². The summed E-state index contributed by atoms with van der Waals surface area (Å²) in [7, 11) is -8.16. The van der Waals surface area contributed by atoms with Gasteiger partial charge in [0.05, 0.1) is 52.2 Å². The normalized spacial score (nSPS) is 11.4. The van der Waals surface area contributed by atoms with Crippen LogP contribution >= 0.6 is 34.8 Å². The van der Waals surface area contributed by atoms with Gasteiger partial charge in [0.15, 0.2) is 31.2 Å². The Hall–Kier alpha value is -11.6. The van der Waals surface area contributed by atoms with Crippen LogP contribution in [-0.4, -0.2) is 95.3 Å². The number of hydrogen-bond donors (Lipinski definition) is 3. The van der Waals surface area contributed by atoms with Crippen LogP contribution in [0.1, 0.15) is 22.5 Å². The van der Waals surface area contributed by atoms with Crippen molar-refractivity contribution in [3.8, 4) is 51.1 Å². The third-order valence-corrected chi connectivity index (χ3v) is 20.6. The number of nitrogens with two attached hydrogens (primary N) is 1. The third kappa shape index (κ3) is 22.2. The lowest BCUT2D eigenvalue weighted by molar-refractivity contribution is -0.138. The Kier molecular flexibility index (Phi) is 28.7. The first-order valence-electron chi connectivity index (χ1n) is 31.5.